The fourth-order valence-electron chi connectivity index (χ4n) is 2.56. The molecule has 0 aliphatic rings. The molecule has 0 saturated heterocycles. The SMILES string of the molecule is CCc1nc2ccccc2c2nc(-c3ccc(F)cc3)nn12. The van der Waals surface area contributed by atoms with Crippen LogP contribution in [0.25, 0.3) is 27.9 Å². The summed E-state index contributed by atoms with van der Waals surface area (Å²) in [6.45, 7) is 2.04. The van der Waals surface area contributed by atoms with Gasteiger partial charge in [-0.15, -0.1) is 5.10 Å². The maximum absolute atomic E-state index is 13.1. The van der Waals surface area contributed by atoms with Crippen LogP contribution in [0.5, 0.6) is 0 Å². The first-order chi connectivity index (χ1) is 10.8. The van der Waals surface area contributed by atoms with Gasteiger partial charge in [-0.05, 0) is 36.4 Å². The summed E-state index contributed by atoms with van der Waals surface area (Å²) in [4.78, 5) is 9.28. The molecule has 0 radical (unpaired) electrons. The number of aromatic nitrogens is 4. The van der Waals surface area contributed by atoms with Gasteiger partial charge in [-0.1, -0.05) is 19.1 Å². The van der Waals surface area contributed by atoms with Crippen molar-refractivity contribution in [2.75, 3.05) is 0 Å². The number of nitrogens with zero attached hydrogens (tertiary/aromatic N) is 4. The average Bonchev–Trinajstić information content (AvgIpc) is 3.00. The summed E-state index contributed by atoms with van der Waals surface area (Å²) < 4.78 is 14.9. The van der Waals surface area contributed by atoms with E-state index < -0.39 is 0 Å². The molecule has 0 N–H and O–H groups in total. The third kappa shape index (κ3) is 1.94. The Kier molecular flexibility index (Phi) is 2.85. The maximum atomic E-state index is 13.1. The zero-order valence-electron chi connectivity index (χ0n) is 12.0. The second-order valence-corrected chi connectivity index (χ2v) is 5.08. The van der Waals surface area contributed by atoms with Crippen LogP contribution in [0.15, 0.2) is 48.5 Å². The summed E-state index contributed by atoms with van der Waals surface area (Å²) >= 11 is 0. The summed E-state index contributed by atoms with van der Waals surface area (Å²) in [5.41, 5.74) is 2.47. The molecule has 0 spiro atoms. The lowest BCUT2D eigenvalue weighted by Gasteiger charge is -2.03. The molecule has 5 heteroatoms. The molecule has 0 unspecified atom stereocenters. The smallest absolute Gasteiger partial charge is 0.182 e. The monoisotopic (exact) mass is 292 g/mol. The van der Waals surface area contributed by atoms with Crippen LogP contribution in [-0.2, 0) is 6.42 Å². The largest absolute Gasteiger partial charge is 0.233 e. The molecule has 0 aliphatic heterocycles. The number of hydrogen-bond donors (Lipinski definition) is 0. The molecule has 2 aromatic heterocycles. The lowest BCUT2D eigenvalue weighted by molar-refractivity contribution is 0.628. The minimum atomic E-state index is -0.270. The number of para-hydroxylation sites is 1. The molecule has 0 fully saturated rings. The van der Waals surface area contributed by atoms with Crippen molar-refractivity contribution in [2.24, 2.45) is 0 Å². The Morgan fingerprint density at radius 3 is 2.55 bits per heavy atom. The molecule has 0 saturated carbocycles. The average molecular weight is 292 g/mol. The van der Waals surface area contributed by atoms with Crippen LogP contribution < -0.4 is 0 Å². The van der Waals surface area contributed by atoms with Gasteiger partial charge in [0, 0.05) is 17.4 Å². The molecular formula is C17H13FN4. The van der Waals surface area contributed by atoms with Crippen LogP contribution in [0.4, 0.5) is 4.39 Å². The fourth-order valence-corrected chi connectivity index (χ4v) is 2.56. The number of halogens is 1. The summed E-state index contributed by atoms with van der Waals surface area (Å²) in [6, 6.07) is 14.1. The maximum Gasteiger partial charge on any atom is 0.182 e. The highest BCUT2D eigenvalue weighted by molar-refractivity contribution is 5.91. The normalized spacial score (nSPS) is 11.4. The topological polar surface area (TPSA) is 43.1 Å². The Morgan fingerprint density at radius 1 is 1.00 bits per heavy atom. The van der Waals surface area contributed by atoms with E-state index in [-0.39, 0.29) is 5.82 Å². The van der Waals surface area contributed by atoms with Gasteiger partial charge in [0.15, 0.2) is 11.5 Å². The predicted octanol–water partition coefficient (Wildman–Crippen LogP) is 3.65. The van der Waals surface area contributed by atoms with E-state index in [1.54, 1.807) is 16.6 Å². The molecule has 2 aromatic carbocycles. The summed E-state index contributed by atoms with van der Waals surface area (Å²) in [5, 5.41) is 5.51. The van der Waals surface area contributed by atoms with Crippen molar-refractivity contribution in [3.63, 3.8) is 0 Å². The van der Waals surface area contributed by atoms with Crippen LogP contribution in [0.3, 0.4) is 0 Å². The molecule has 4 aromatic rings. The number of benzene rings is 2. The molecule has 2 heterocycles. The minimum Gasteiger partial charge on any atom is -0.233 e. The molecule has 4 rings (SSSR count). The lowest BCUT2D eigenvalue weighted by atomic mass is 10.2. The van der Waals surface area contributed by atoms with Crippen LogP contribution in [0.1, 0.15) is 12.7 Å². The van der Waals surface area contributed by atoms with E-state index in [0.717, 1.165) is 34.4 Å². The van der Waals surface area contributed by atoms with Crippen LogP contribution in [-0.4, -0.2) is 19.6 Å². The van der Waals surface area contributed by atoms with E-state index in [2.05, 4.69) is 15.1 Å². The summed E-state index contributed by atoms with van der Waals surface area (Å²) in [6.07, 6.45) is 0.757. The van der Waals surface area contributed by atoms with Crippen molar-refractivity contribution in [1.29, 1.82) is 0 Å². The Hall–Kier alpha value is -2.82. The molecular weight excluding hydrogens is 279 g/mol. The Bertz CT molecular complexity index is 973. The number of hydrogen-bond acceptors (Lipinski definition) is 3. The van der Waals surface area contributed by atoms with E-state index in [1.807, 2.05) is 31.2 Å². The highest BCUT2D eigenvalue weighted by Gasteiger charge is 2.13. The molecule has 4 nitrogen and oxygen atoms in total. The lowest BCUT2D eigenvalue weighted by Crippen LogP contribution is -2.02. The van der Waals surface area contributed by atoms with E-state index in [0.29, 0.717) is 5.82 Å². The van der Waals surface area contributed by atoms with Crippen molar-refractivity contribution in [3.05, 3.63) is 60.2 Å². The van der Waals surface area contributed by atoms with Gasteiger partial charge in [0.25, 0.3) is 0 Å². The van der Waals surface area contributed by atoms with E-state index in [9.17, 15) is 4.39 Å². The van der Waals surface area contributed by atoms with Gasteiger partial charge in [0.05, 0.1) is 5.52 Å². The summed E-state index contributed by atoms with van der Waals surface area (Å²) in [7, 11) is 0. The van der Waals surface area contributed by atoms with Gasteiger partial charge in [0.2, 0.25) is 0 Å². The zero-order valence-corrected chi connectivity index (χ0v) is 12.0. The standard InChI is InChI=1S/C17H13FN4/c1-2-15-19-14-6-4-3-5-13(14)17-20-16(21-22(15)17)11-7-9-12(18)10-8-11/h3-10H,2H2,1H3. The Labute approximate surface area is 126 Å². The zero-order chi connectivity index (χ0) is 15.1. The molecule has 22 heavy (non-hydrogen) atoms. The van der Waals surface area contributed by atoms with Crippen LogP contribution >= 0.6 is 0 Å². The third-order valence-electron chi connectivity index (χ3n) is 3.66. The highest BCUT2D eigenvalue weighted by Crippen LogP contribution is 2.22. The Balaban J connectivity index is 2.03. The van der Waals surface area contributed by atoms with E-state index in [4.69, 9.17) is 0 Å². The van der Waals surface area contributed by atoms with Gasteiger partial charge >= 0.3 is 0 Å². The molecule has 0 amide bonds. The van der Waals surface area contributed by atoms with E-state index in [1.165, 1.54) is 12.1 Å². The number of aryl methyl sites for hydroxylation is 1. The first-order valence-corrected chi connectivity index (χ1v) is 7.16. The molecule has 108 valence electrons. The predicted molar refractivity (Wildman–Crippen MR) is 83.1 cm³/mol. The van der Waals surface area contributed by atoms with Crippen molar-refractivity contribution in [2.45, 2.75) is 13.3 Å². The quantitative estimate of drug-likeness (QED) is 0.566. The molecule has 0 aliphatic carbocycles. The highest BCUT2D eigenvalue weighted by atomic mass is 19.1. The third-order valence-corrected chi connectivity index (χ3v) is 3.66. The molecule has 0 atom stereocenters. The minimum absolute atomic E-state index is 0.270. The van der Waals surface area contributed by atoms with Crippen LogP contribution in [0, 0.1) is 5.82 Å². The van der Waals surface area contributed by atoms with Crippen molar-refractivity contribution in [1.82, 2.24) is 19.6 Å². The molecule has 0 bridgehead atoms. The number of rotatable bonds is 2. The van der Waals surface area contributed by atoms with Gasteiger partial charge in [-0.3, -0.25) is 0 Å². The fraction of sp³-hybridized carbons (Fsp3) is 0.118. The van der Waals surface area contributed by atoms with Crippen molar-refractivity contribution >= 4 is 16.6 Å². The van der Waals surface area contributed by atoms with Crippen molar-refractivity contribution in [3.8, 4) is 11.4 Å². The Morgan fingerprint density at radius 2 is 1.77 bits per heavy atom. The second kappa shape index (κ2) is 4.87. The first-order valence-electron chi connectivity index (χ1n) is 7.16. The van der Waals surface area contributed by atoms with Crippen LogP contribution in [0.2, 0.25) is 0 Å². The van der Waals surface area contributed by atoms with Gasteiger partial charge in [-0.25, -0.2) is 14.4 Å². The second-order valence-electron chi connectivity index (χ2n) is 5.08. The van der Waals surface area contributed by atoms with Gasteiger partial charge < -0.3 is 0 Å². The van der Waals surface area contributed by atoms with Crippen molar-refractivity contribution < 1.29 is 4.39 Å². The van der Waals surface area contributed by atoms with E-state index >= 15 is 0 Å². The first kappa shape index (κ1) is 12.9. The van der Waals surface area contributed by atoms with Gasteiger partial charge in [-0.2, -0.15) is 4.52 Å². The summed E-state index contributed by atoms with van der Waals surface area (Å²) in [5.74, 6) is 1.16. The van der Waals surface area contributed by atoms with Gasteiger partial charge in [0.1, 0.15) is 11.6 Å². The number of fused-ring (bicyclic) bond motifs is 3.